The summed E-state index contributed by atoms with van der Waals surface area (Å²) in [4.78, 5) is 17.7. The van der Waals surface area contributed by atoms with Crippen molar-refractivity contribution < 1.29 is 9.53 Å². The minimum absolute atomic E-state index is 0.0344. The summed E-state index contributed by atoms with van der Waals surface area (Å²) < 4.78 is 5.19. The summed E-state index contributed by atoms with van der Waals surface area (Å²) in [5, 5.41) is 0. The number of hydrogen-bond acceptors (Lipinski definition) is 4. The molecule has 1 atom stereocenters. The molecule has 1 aliphatic rings. The molecule has 18 heavy (non-hydrogen) atoms. The summed E-state index contributed by atoms with van der Waals surface area (Å²) in [6.45, 7) is 1.90. The molecule has 0 aromatic heterocycles. The lowest BCUT2D eigenvalue weighted by molar-refractivity contribution is -0.128. The van der Waals surface area contributed by atoms with E-state index in [0.717, 1.165) is 11.3 Å². The van der Waals surface area contributed by atoms with Crippen molar-refractivity contribution in [3.05, 3.63) is 29.8 Å². The first-order chi connectivity index (χ1) is 8.46. The molecular formula is C13H17N3O2. The van der Waals surface area contributed by atoms with E-state index in [0.29, 0.717) is 6.42 Å². The first-order valence-corrected chi connectivity index (χ1v) is 5.73. The first kappa shape index (κ1) is 12.4. The lowest BCUT2D eigenvalue weighted by atomic mass is 9.87. The van der Waals surface area contributed by atoms with Gasteiger partial charge in [-0.25, -0.2) is 4.99 Å². The second-order valence-electron chi connectivity index (χ2n) is 4.61. The molecule has 96 valence electrons. The maximum atomic E-state index is 11.9. The van der Waals surface area contributed by atoms with Crippen LogP contribution in [0.1, 0.15) is 18.9 Å². The molecule has 2 rings (SSSR count). The van der Waals surface area contributed by atoms with Gasteiger partial charge in [-0.3, -0.25) is 9.69 Å². The Labute approximate surface area is 106 Å². The van der Waals surface area contributed by atoms with Crippen LogP contribution < -0.4 is 10.5 Å². The van der Waals surface area contributed by atoms with Crippen molar-refractivity contribution in [2.45, 2.75) is 18.9 Å². The fourth-order valence-electron chi connectivity index (χ4n) is 2.03. The average Bonchev–Trinajstić information content (AvgIpc) is 2.36. The third kappa shape index (κ3) is 2.03. The summed E-state index contributed by atoms with van der Waals surface area (Å²) in [5.74, 6) is 0.957. The van der Waals surface area contributed by atoms with Crippen LogP contribution in [0, 0.1) is 0 Å². The molecule has 1 heterocycles. The van der Waals surface area contributed by atoms with Crippen molar-refractivity contribution in [3.8, 4) is 5.75 Å². The van der Waals surface area contributed by atoms with Crippen LogP contribution in [-0.2, 0) is 10.3 Å². The number of nitrogens with two attached hydrogens (primary N) is 1. The molecule has 5 nitrogen and oxygen atoms in total. The monoisotopic (exact) mass is 247 g/mol. The minimum atomic E-state index is -0.623. The zero-order valence-corrected chi connectivity index (χ0v) is 10.8. The maximum absolute atomic E-state index is 11.9. The Morgan fingerprint density at radius 3 is 2.83 bits per heavy atom. The number of amides is 1. The number of nitrogens with zero attached hydrogens (tertiary/aromatic N) is 2. The lowest BCUT2D eigenvalue weighted by Crippen LogP contribution is -2.47. The number of hydrogen-bond donors (Lipinski definition) is 1. The third-order valence-electron chi connectivity index (χ3n) is 3.27. The standard InChI is InChI=1S/C13H17N3O2/c1-13(8-11(17)16(2)12(14)15-13)9-5-4-6-10(7-9)18-3/h4-7H,8H2,1-3H3,(H2,14,15). The molecule has 1 unspecified atom stereocenters. The van der Waals surface area contributed by atoms with Crippen LogP contribution in [0.2, 0.25) is 0 Å². The van der Waals surface area contributed by atoms with Gasteiger partial charge < -0.3 is 10.5 Å². The van der Waals surface area contributed by atoms with Crippen molar-refractivity contribution in [2.75, 3.05) is 14.2 Å². The van der Waals surface area contributed by atoms with Crippen LogP contribution >= 0.6 is 0 Å². The van der Waals surface area contributed by atoms with E-state index < -0.39 is 5.54 Å². The van der Waals surface area contributed by atoms with E-state index >= 15 is 0 Å². The molecule has 1 aliphatic heterocycles. The van der Waals surface area contributed by atoms with E-state index in [2.05, 4.69) is 4.99 Å². The van der Waals surface area contributed by atoms with Crippen LogP contribution in [0.25, 0.3) is 0 Å². The quantitative estimate of drug-likeness (QED) is 0.850. The summed E-state index contributed by atoms with van der Waals surface area (Å²) in [5.41, 5.74) is 6.08. The number of aliphatic imine (C=N–C) groups is 1. The highest BCUT2D eigenvalue weighted by atomic mass is 16.5. The summed E-state index contributed by atoms with van der Waals surface area (Å²) in [6.07, 6.45) is 0.303. The Kier molecular flexibility index (Phi) is 2.98. The topological polar surface area (TPSA) is 67.9 Å². The Hall–Kier alpha value is -2.04. The number of ether oxygens (including phenoxy) is 1. The summed E-state index contributed by atoms with van der Waals surface area (Å²) >= 11 is 0. The van der Waals surface area contributed by atoms with Crippen molar-refractivity contribution in [1.82, 2.24) is 4.90 Å². The van der Waals surface area contributed by atoms with E-state index in [-0.39, 0.29) is 11.9 Å². The van der Waals surface area contributed by atoms with Crippen LogP contribution in [0.5, 0.6) is 5.75 Å². The van der Waals surface area contributed by atoms with Gasteiger partial charge in [-0.1, -0.05) is 12.1 Å². The van der Waals surface area contributed by atoms with E-state index in [1.54, 1.807) is 14.2 Å². The molecule has 0 aliphatic carbocycles. The molecular weight excluding hydrogens is 230 g/mol. The lowest BCUT2D eigenvalue weighted by Gasteiger charge is -2.33. The predicted octanol–water partition coefficient (Wildman–Crippen LogP) is 1.09. The van der Waals surface area contributed by atoms with Gasteiger partial charge in [0.1, 0.15) is 5.75 Å². The molecule has 0 saturated heterocycles. The normalized spacial score (nSPS) is 23.8. The molecule has 2 N–H and O–H groups in total. The van der Waals surface area contributed by atoms with Gasteiger partial charge in [0.05, 0.1) is 19.1 Å². The number of methoxy groups -OCH3 is 1. The Balaban J connectivity index is 2.45. The van der Waals surface area contributed by atoms with Gasteiger partial charge in [0.2, 0.25) is 5.91 Å². The van der Waals surface area contributed by atoms with Crippen LogP contribution in [-0.4, -0.2) is 30.9 Å². The molecule has 1 aromatic carbocycles. The molecule has 1 amide bonds. The third-order valence-corrected chi connectivity index (χ3v) is 3.27. The van der Waals surface area contributed by atoms with E-state index in [4.69, 9.17) is 10.5 Å². The van der Waals surface area contributed by atoms with Gasteiger partial charge in [0, 0.05) is 7.05 Å². The number of carbonyl (C=O) groups is 1. The van der Waals surface area contributed by atoms with Gasteiger partial charge >= 0.3 is 0 Å². The molecule has 0 radical (unpaired) electrons. The highest BCUT2D eigenvalue weighted by Gasteiger charge is 2.36. The van der Waals surface area contributed by atoms with Crippen molar-refractivity contribution >= 4 is 11.9 Å². The first-order valence-electron chi connectivity index (χ1n) is 5.73. The SMILES string of the molecule is COc1cccc(C2(C)CC(=O)N(C)C(N)=N2)c1. The van der Waals surface area contributed by atoms with Crippen molar-refractivity contribution in [3.63, 3.8) is 0 Å². The van der Waals surface area contributed by atoms with Gasteiger partial charge in [-0.2, -0.15) is 0 Å². The van der Waals surface area contributed by atoms with E-state index in [1.165, 1.54) is 4.90 Å². The number of benzene rings is 1. The van der Waals surface area contributed by atoms with Gasteiger partial charge in [-0.15, -0.1) is 0 Å². The molecule has 0 saturated carbocycles. The summed E-state index contributed by atoms with van der Waals surface area (Å²) in [6, 6.07) is 7.55. The molecule has 0 fully saturated rings. The van der Waals surface area contributed by atoms with Crippen LogP contribution in [0.15, 0.2) is 29.3 Å². The second kappa shape index (κ2) is 4.33. The molecule has 0 spiro atoms. The Morgan fingerprint density at radius 2 is 2.22 bits per heavy atom. The fraction of sp³-hybridized carbons (Fsp3) is 0.385. The van der Waals surface area contributed by atoms with Crippen LogP contribution in [0.4, 0.5) is 0 Å². The summed E-state index contributed by atoms with van der Waals surface area (Å²) in [7, 11) is 3.24. The zero-order valence-electron chi connectivity index (χ0n) is 10.8. The fourth-order valence-corrected chi connectivity index (χ4v) is 2.03. The number of guanidine groups is 1. The smallest absolute Gasteiger partial charge is 0.231 e. The van der Waals surface area contributed by atoms with E-state index in [9.17, 15) is 4.79 Å². The highest BCUT2D eigenvalue weighted by molar-refractivity contribution is 5.98. The number of carbonyl (C=O) groups excluding carboxylic acids is 1. The minimum Gasteiger partial charge on any atom is -0.497 e. The predicted molar refractivity (Wildman–Crippen MR) is 69.4 cm³/mol. The molecule has 1 aromatic rings. The Morgan fingerprint density at radius 1 is 1.50 bits per heavy atom. The van der Waals surface area contributed by atoms with Crippen molar-refractivity contribution in [1.29, 1.82) is 0 Å². The highest BCUT2D eigenvalue weighted by Crippen LogP contribution is 2.34. The van der Waals surface area contributed by atoms with Gasteiger partial charge in [-0.05, 0) is 24.6 Å². The molecule has 0 bridgehead atoms. The Bertz CT molecular complexity index is 513. The largest absolute Gasteiger partial charge is 0.497 e. The van der Waals surface area contributed by atoms with Gasteiger partial charge in [0.25, 0.3) is 0 Å². The zero-order chi connectivity index (χ0) is 13.3. The second-order valence-corrected chi connectivity index (χ2v) is 4.61. The number of rotatable bonds is 2. The average molecular weight is 247 g/mol. The molecule has 5 heteroatoms. The van der Waals surface area contributed by atoms with Crippen LogP contribution in [0.3, 0.4) is 0 Å². The van der Waals surface area contributed by atoms with E-state index in [1.807, 2.05) is 31.2 Å². The maximum Gasteiger partial charge on any atom is 0.231 e. The van der Waals surface area contributed by atoms with Crippen molar-refractivity contribution in [2.24, 2.45) is 10.7 Å². The van der Waals surface area contributed by atoms with Gasteiger partial charge in [0.15, 0.2) is 5.96 Å².